The van der Waals surface area contributed by atoms with Gasteiger partial charge in [0.15, 0.2) is 17.8 Å². The molecular weight excluding hydrogens is 503 g/mol. The van der Waals surface area contributed by atoms with Crippen molar-refractivity contribution in [3.8, 4) is 34.0 Å². The molecule has 6 rings (SSSR count). The number of H-pyrrole nitrogens is 1. The van der Waals surface area contributed by atoms with Crippen LogP contribution in [0.15, 0.2) is 60.7 Å². The Balaban J connectivity index is 1.14. The minimum absolute atomic E-state index is 0.180. The van der Waals surface area contributed by atoms with Crippen LogP contribution in [0.5, 0.6) is 11.6 Å². The summed E-state index contributed by atoms with van der Waals surface area (Å²) in [5.41, 5.74) is 3.96. The van der Waals surface area contributed by atoms with Gasteiger partial charge in [0.2, 0.25) is 0 Å². The number of benzene rings is 2. The highest BCUT2D eigenvalue weighted by Gasteiger charge is 2.48. The number of fused-ring (bicyclic) bond motifs is 2. The van der Waals surface area contributed by atoms with Crippen LogP contribution in [0.2, 0.25) is 0 Å². The zero-order valence-corrected chi connectivity index (χ0v) is 21.4. The van der Waals surface area contributed by atoms with Gasteiger partial charge in [-0.1, -0.05) is 43.3 Å². The van der Waals surface area contributed by atoms with Gasteiger partial charge in [-0.3, -0.25) is 4.79 Å². The molecule has 0 aliphatic carbocycles. The standard InChI is InChI=1S/C30H29FN2O6/c1-2-20(34)11-12-36-21-9-7-18(8-10-21)17-3-5-19(6-4-17)28-22(31)13-23-24(33-28)14-27(32-23)39-26-16-38-29-25(35)15-37-30(26)29/h3-10,13-14,25-26,29-30,32,35H,2,11-12,15-16H2,1H3/t25-,26-,29-,30-/m1/s1. The van der Waals surface area contributed by atoms with Gasteiger partial charge >= 0.3 is 0 Å². The number of hydrogen-bond acceptors (Lipinski definition) is 7. The molecule has 0 unspecified atom stereocenters. The van der Waals surface area contributed by atoms with E-state index in [2.05, 4.69) is 9.97 Å². The average Bonchev–Trinajstić information content (AvgIpc) is 3.65. The molecule has 2 fully saturated rings. The first-order valence-electron chi connectivity index (χ1n) is 13.1. The molecule has 0 saturated carbocycles. The fraction of sp³-hybridized carbons (Fsp3) is 0.333. The summed E-state index contributed by atoms with van der Waals surface area (Å²) in [7, 11) is 0. The van der Waals surface area contributed by atoms with E-state index in [0.29, 0.717) is 54.3 Å². The summed E-state index contributed by atoms with van der Waals surface area (Å²) in [6, 6.07) is 18.3. The molecule has 0 spiro atoms. The smallest absolute Gasteiger partial charge is 0.193 e. The molecule has 4 aromatic rings. The second-order valence-electron chi connectivity index (χ2n) is 9.80. The third-order valence-electron chi connectivity index (χ3n) is 7.18. The van der Waals surface area contributed by atoms with Crippen molar-refractivity contribution in [3.63, 3.8) is 0 Å². The van der Waals surface area contributed by atoms with E-state index in [1.165, 1.54) is 6.07 Å². The molecule has 0 radical (unpaired) electrons. The maximum absolute atomic E-state index is 15.1. The fourth-order valence-electron chi connectivity index (χ4n) is 5.00. The third kappa shape index (κ3) is 5.25. The predicted molar refractivity (Wildman–Crippen MR) is 142 cm³/mol. The van der Waals surface area contributed by atoms with E-state index < -0.39 is 18.0 Å². The maximum atomic E-state index is 15.1. The number of nitrogens with zero attached hydrogens (tertiary/aromatic N) is 1. The summed E-state index contributed by atoms with van der Waals surface area (Å²) in [6.45, 7) is 2.74. The number of ether oxygens (including phenoxy) is 4. The van der Waals surface area contributed by atoms with Crippen molar-refractivity contribution >= 4 is 16.8 Å². The Morgan fingerprint density at radius 1 is 1.03 bits per heavy atom. The predicted octanol–water partition coefficient (Wildman–Crippen LogP) is 4.69. The first-order chi connectivity index (χ1) is 19.0. The molecule has 2 aliphatic rings. The largest absolute Gasteiger partial charge is 0.493 e. The highest BCUT2D eigenvalue weighted by atomic mass is 19.1. The Morgan fingerprint density at radius 3 is 2.46 bits per heavy atom. The zero-order chi connectivity index (χ0) is 26.9. The van der Waals surface area contributed by atoms with Crippen molar-refractivity contribution in [2.24, 2.45) is 0 Å². The molecule has 0 bridgehead atoms. The maximum Gasteiger partial charge on any atom is 0.193 e. The Bertz CT molecular complexity index is 1470. The van der Waals surface area contributed by atoms with Crippen LogP contribution in [-0.2, 0) is 14.3 Å². The summed E-state index contributed by atoms with van der Waals surface area (Å²) in [4.78, 5) is 19.0. The van der Waals surface area contributed by atoms with Gasteiger partial charge in [-0.25, -0.2) is 9.37 Å². The SMILES string of the molecule is CCC(=O)CCOc1ccc(-c2ccc(-c3nc4cc(O[C@@H]5CO[C@H]6[C@@H]5OC[C@H]6O)[nH]c4cc3F)cc2)cc1. The lowest BCUT2D eigenvalue weighted by Crippen LogP contribution is -2.34. The van der Waals surface area contributed by atoms with E-state index >= 15 is 4.39 Å². The molecule has 4 atom stereocenters. The van der Waals surface area contributed by atoms with Crippen molar-refractivity contribution in [2.45, 2.75) is 44.2 Å². The molecule has 0 amide bonds. The van der Waals surface area contributed by atoms with Crippen LogP contribution in [0.25, 0.3) is 33.4 Å². The summed E-state index contributed by atoms with van der Waals surface area (Å²) < 4.78 is 37.9. The van der Waals surface area contributed by atoms with E-state index in [1.807, 2.05) is 55.5 Å². The van der Waals surface area contributed by atoms with Crippen molar-refractivity contribution in [2.75, 3.05) is 19.8 Å². The van der Waals surface area contributed by atoms with Crippen molar-refractivity contribution < 1.29 is 33.2 Å². The first kappa shape index (κ1) is 25.5. The normalized spacial score (nSPS) is 22.2. The summed E-state index contributed by atoms with van der Waals surface area (Å²) in [5.74, 6) is 0.883. The van der Waals surface area contributed by atoms with Gasteiger partial charge in [-0.15, -0.1) is 0 Å². The number of nitrogens with one attached hydrogen (secondary N) is 1. The van der Waals surface area contributed by atoms with Crippen LogP contribution >= 0.6 is 0 Å². The number of pyridine rings is 1. The number of aliphatic hydroxyl groups excluding tert-OH is 1. The molecule has 2 saturated heterocycles. The minimum atomic E-state index is -0.655. The van der Waals surface area contributed by atoms with Gasteiger partial charge < -0.3 is 29.0 Å². The number of carbonyl (C=O) groups is 1. The molecule has 2 aliphatic heterocycles. The molecule has 202 valence electrons. The van der Waals surface area contributed by atoms with Gasteiger partial charge in [-0.05, 0) is 23.3 Å². The van der Waals surface area contributed by atoms with Crippen LogP contribution in [0, 0.1) is 5.82 Å². The lowest BCUT2D eigenvalue weighted by molar-refractivity contribution is -0.119. The molecule has 2 N–H and O–H groups in total. The van der Waals surface area contributed by atoms with Crippen molar-refractivity contribution in [3.05, 3.63) is 66.5 Å². The van der Waals surface area contributed by atoms with E-state index in [1.54, 1.807) is 6.07 Å². The fourth-order valence-corrected chi connectivity index (χ4v) is 5.00. The van der Waals surface area contributed by atoms with Crippen LogP contribution in [0.1, 0.15) is 19.8 Å². The number of halogens is 1. The monoisotopic (exact) mass is 532 g/mol. The molecular formula is C30H29FN2O6. The molecule has 39 heavy (non-hydrogen) atoms. The Labute approximate surface area is 224 Å². The number of hydrogen-bond donors (Lipinski definition) is 2. The average molecular weight is 533 g/mol. The number of rotatable bonds is 9. The van der Waals surface area contributed by atoms with Crippen molar-refractivity contribution in [1.29, 1.82) is 0 Å². The van der Waals surface area contributed by atoms with Crippen LogP contribution < -0.4 is 9.47 Å². The Hall–Kier alpha value is -3.79. The number of aliphatic hydroxyl groups is 1. The van der Waals surface area contributed by atoms with E-state index in [9.17, 15) is 9.90 Å². The third-order valence-corrected chi connectivity index (χ3v) is 7.18. The summed E-state index contributed by atoms with van der Waals surface area (Å²) in [5, 5.41) is 9.93. The topological polar surface area (TPSA) is 103 Å². The minimum Gasteiger partial charge on any atom is -0.493 e. The van der Waals surface area contributed by atoms with Gasteiger partial charge in [0.25, 0.3) is 0 Å². The van der Waals surface area contributed by atoms with Gasteiger partial charge in [-0.2, -0.15) is 0 Å². The number of ketones is 1. The number of aromatic nitrogens is 2. The first-order valence-corrected chi connectivity index (χ1v) is 13.1. The molecule has 4 heterocycles. The summed E-state index contributed by atoms with van der Waals surface area (Å²) in [6.07, 6.45) is -0.834. The molecule has 9 heteroatoms. The second kappa shape index (κ2) is 10.8. The van der Waals surface area contributed by atoms with Gasteiger partial charge in [0, 0.05) is 30.5 Å². The van der Waals surface area contributed by atoms with E-state index in [-0.39, 0.29) is 30.3 Å². The van der Waals surface area contributed by atoms with Crippen molar-refractivity contribution in [1.82, 2.24) is 9.97 Å². The quantitative estimate of drug-likeness (QED) is 0.322. The van der Waals surface area contributed by atoms with Crippen LogP contribution in [-0.4, -0.2) is 65.1 Å². The summed E-state index contributed by atoms with van der Waals surface area (Å²) >= 11 is 0. The number of aromatic amines is 1. The lowest BCUT2D eigenvalue weighted by Gasteiger charge is -2.16. The zero-order valence-electron chi connectivity index (χ0n) is 21.4. The van der Waals surface area contributed by atoms with Gasteiger partial charge in [0.05, 0.1) is 30.9 Å². The highest BCUT2D eigenvalue weighted by molar-refractivity contribution is 5.81. The Morgan fingerprint density at radius 2 is 1.72 bits per heavy atom. The van der Waals surface area contributed by atoms with Crippen LogP contribution in [0.4, 0.5) is 4.39 Å². The molecule has 2 aromatic heterocycles. The van der Waals surface area contributed by atoms with Gasteiger partial charge in [0.1, 0.15) is 35.5 Å². The lowest BCUT2D eigenvalue weighted by atomic mass is 10.0. The van der Waals surface area contributed by atoms with Crippen LogP contribution in [0.3, 0.4) is 0 Å². The number of carbonyl (C=O) groups excluding carboxylic acids is 1. The van der Waals surface area contributed by atoms with E-state index in [0.717, 1.165) is 11.1 Å². The van der Waals surface area contributed by atoms with E-state index in [4.69, 9.17) is 18.9 Å². The highest BCUT2D eigenvalue weighted by Crippen LogP contribution is 2.32. The molecule has 8 nitrogen and oxygen atoms in total. The Kier molecular flexibility index (Phi) is 7.03. The second-order valence-corrected chi connectivity index (χ2v) is 9.80. The molecule has 2 aromatic carbocycles. The number of Topliss-reactive ketones (excluding diaryl/α,β-unsaturated/α-hetero) is 1.